The number of likely N-dealkylation sites (N-methyl/N-ethyl adjacent to an activating group) is 1. The second-order valence-electron chi connectivity index (χ2n) is 5.85. The number of carbonyl (C=O) groups is 1. The van der Waals surface area contributed by atoms with Gasteiger partial charge >= 0.3 is 0 Å². The Morgan fingerprint density at radius 2 is 2.13 bits per heavy atom. The Morgan fingerprint density at radius 3 is 2.70 bits per heavy atom. The first kappa shape index (κ1) is 18.2. The van der Waals surface area contributed by atoms with Crippen molar-refractivity contribution in [2.75, 3.05) is 26.2 Å². The van der Waals surface area contributed by atoms with Gasteiger partial charge in [0.15, 0.2) is 0 Å². The summed E-state index contributed by atoms with van der Waals surface area (Å²) in [7, 11) is 0. The molecule has 1 aromatic rings. The molecule has 1 heterocycles. The van der Waals surface area contributed by atoms with E-state index in [1.54, 1.807) is 0 Å². The molecule has 23 heavy (non-hydrogen) atoms. The SMILES string of the molecule is CCN(CC)[C@H](CNC(=O)[C@H]1C[C@@H](O)CN1)c1ccccc1Cl. The highest BCUT2D eigenvalue weighted by Gasteiger charge is 2.29. The zero-order chi connectivity index (χ0) is 16.8. The highest BCUT2D eigenvalue weighted by atomic mass is 35.5. The number of aliphatic hydroxyl groups excluding tert-OH is 1. The number of hydrogen-bond donors (Lipinski definition) is 3. The van der Waals surface area contributed by atoms with Gasteiger partial charge in [-0.05, 0) is 31.1 Å². The average Bonchev–Trinajstić information content (AvgIpc) is 2.98. The van der Waals surface area contributed by atoms with Crippen LogP contribution in [0.3, 0.4) is 0 Å². The summed E-state index contributed by atoms with van der Waals surface area (Å²) in [6.07, 6.45) is 0.0290. The van der Waals surface area contributed by atoms with Crippen LogP contribution in [0.15, 0.2) is 24.3 Å². The molecule has 1 aromatic carbocycles. The van der Waals surface area contributed by atoms with Gasteiger partial charge < -0.3 is 15.7 Å². The smallest absolute Gasteiger partial charge is 0.237 e. The molecule has 6 heteroatoms. The Morgan fingerprint density at radius 1 is 1.43 bits per heavy atom. The van der Waals surface area contributed by atoms with E-state index in [-0.39, 0.29) is 18.0 Å². The molecule has 1 aliphatic rings. The number of aliphatic hydroxyl groups is 1. The van der Waals surface area contributed by atoms with Crippen molar-refractivity contribution in [3.8, 4) is 0 Å². The first-order valence-electron chi connectivity index (χ1n) is 8.24. The van der Waals surface area contributed by atoms with Crippen LogP contribution in [0.1, 0.15) is 31.9 Å². The van der Waals surface area contributed by atoms with Crippen molar-refractivity contribution in [1.82, 2.24) is 15.5 Å². The van der Waals surface area contributed by atoms with E-state index in [0.717, 1.165) is 18.7 Å². The van der Waals surface area contributed by atoms with Crippen LogP contribution in [-0.4, -0.2) is 54.2 Å². The number of halogens is 1. The Bertz CT molecular complexity index is 522. The van der Waals surface area contributed by atoms with Gasteiger partial charge in [-0.2, -0.15) is 0 Å². The van der Waals surface area contributed by atoms with Gasteiger partial charge in [0.25, 0.3) is 0 Å². The average molecular weight is 340 g/mol. The van der Waals surface area contributed by atoms with Crippen molar-refractivity contribution in [2.45, 2.75) is 38.5 Å². The Hall–Kier alpha value is -1.14. The highest BCUT2D eigenvalue weighted by Crippen LogP contribution is 2.27. The summed E-state index contributed by atoms with van der Waals surface area (Å²) in [4.78, 5) is 14.6. The summed E-state index contributed by atoms with van der Waals surface area (Å²) in [5, 5.41) is 16.3. The van der Waals surface area contributed by atoms with Crippen LogP contribution in [0.25, 0.3) is 0 Å². The van der Waals surface area contributed by atoms with Crippen LogP contribution >= 0.6 is 11.6 Å². The molecule has 0 unspecified atom stereocenters. The molecule has 1 amide bonds. The number of β-amino-alcohol motifs (C(OH)–C–C–N with tert-alkyl or cyclic N) is 1. The number of amides is 1. The molecule has 0 bridgehead atoms. The van der Waals surface area contributed by atoms with Crippen molar-refractivity contribution in [3.63, 3.8) is 0 Å². The summed E-state index contributed by atoms with van der Waals surface area (Å²) in [5.41, 5.74) is 1.03. The zero-order valence-corrected chi connectivity index (χ0v) is 14.5. The minimum absolute atomic E-state index is 0.0361. The maximum absolute atomic E-state index is 12.3. The van der Waals surface area contributed by atoms with Crippen molar-refractivity contribution in [1.29, 1.82) is 0 Å². The van der Waals surface area contributed by atoms with Gasteiger partial charge in [-0.25, -0.2) is 0 Å². The summed E-state index contributed by atoms with van der Waals surface area (Å²) in [5.74, 6) is -0.0641. The summed E-state index contributed by atoms with van der Waals surface area (Å²) < 4.78 is 0. The number of carbonyl (C=O) groups excluding carboxylic acids is 1. The fourth-order valence-corrected chi connectivity index (χ4v) is 3.34. The summed E-state index contributed by atoms with van der Waals surface area (Å²) in [6, 6.07) is 7.49. The summed E-state index contributed by atoms with van der Waals surface area (Å²) >= 11 is 6.35. The van der Waals surface area contributed by atoms with Gasteiger partial charge in [0.1, 0.15) is 0 Å². The van der Waals surface area contributed by atoms with Crippen molar-refractivity contribution in [2.24, 2.45) is 0 Å². The molecule has 1 saturated heterocycles. The topological polar surface area (TPSA) is 64.6 Å². The van der Waals surface area contributed by atoms with Crippen LogP contribution in [-0.2, 0) is 4.79 Å². The number of rotatable bonds is 7. The van der Waals surface area contributed by atoms with Gasteiger partial charge in [0.05, 0.1) is 18.2 Å². The van der Waals surface area contributed by atoms with E-state index in [1.807, 2.05) is 24.3 Å². The minimum atomic E-state index is -0.437. The predicted molar refractivity (Wildman–Crippen MR) is 92.5 cm³/mol. The number of nitrogens with one attached hydrogen (secondary N) is 2. The molecular weight excluding hydrogens is 314 g/mol. The van der Waals surface area contributed by atoms with Gasteiger partial charge in [-0.15, -0.1) is 0 Å². The van der Waals surface area contributed by atoms with Crippen molar-refractivity contribution >= 4 is 17.5 Å². The molecule has 2 rings (SSSR count). The Kier molecular flexibility index (Phi) is 6.84. The standard InChI is InChI=1S/C17H26ClN3O2/c1-3-21(4-2)16(13-7-5-6-8-14(13)18)11-20-17(23)15-9-12(22)10-19-15/h5-8,12,15-16,19,22H,3-4,9-11H2,1-2H3,(H,20,23)/t12-,15-,16-/m1/s1. The van der Waals surface area contributed by atoms with Crippen molar-refractivity contribution < 1.29 is 9.90 Å². The van der Waals surface area contributed by atoms with E-state index in [4.69, 9.17) is 11.6 Å². The quantitative estimate of drug-likeness (QED) is 0.705. The van der Waals surface area contributed by atoms with Crippen LogP contribution in [0.2, 0.25) is 5.02 Å². The van der Waals surface area contributed by atoms with Crippen LogP contribution in [0, 0.1) is 0 Å². The van der Waals surface area contributed by atoms with Crippen LogP contribution in [0.5, 0.6) is 0 Å². The molecule has 0 saturated carbocycles. The largest absolute Gasteiger partial charge is 0.392 e. The second-order valence-corrected chi connectivity index (χ2v) is 6.26. The first-order chi connectivity index (χ1) is 11.1. The maximum atomic E-state index is 12.3. The van der Waals surface area contributed by atoms with E-state index in [2.05, 4.69) is 29.4 Å². The van der Waals surface area contributed by atoms with Crippen LogP contribution < -0.4 is 10.6 Å². The monoisotopic (exact) mass is 339 g/mol. The lowest BCUT2D eigenvalue weighted by Crippen LogP contribution is -2.44. The van der Waals surface area contributed by atoms with Gasteiger partial charge in [-0.3, -0.25) is 9.69 Å². The highest BCUT2D eigenvalue weighted by molar-refractivity contribution is 6.31. The summed E-state index contributed by atoms with van der Waals surface area (Å²) in [6.45, 7) is 6.93. The third-order valence-electron chi connectivity index (χ3n) is 4.41. The fourth-order valence-electron chi connectivity index (χ4n) is 3.08. The molecule has 0 spiro atoms. The predicted octanol–water partition coefficient (Wildman–Crippen LogP) is 1.56. The lowest BCUT2D eigenvalue weighted by molar-refractivity contribution is -0.123. The van der Waals surface area contributed by atoms with Gasteiger partial charge in [-0.1, -0.05) is 43.6 Å². The van der Waals surface area contributed by atoms with Crippen LogP contribution in [0.4, 0.5) is 0 Å². The number of hydrogen-bond acceptors (Lipinski definition) is 4. The third-order valence-corrected chi connectivity index (χ3v) is 4.76. The number of nitrogens with zero attached hydrogens (tertiary/aromatic N) is 1. The van der Waals surface area contributed by atoms with E-state index in [1.165, 1.54) is 0 Å². The van der Waals surface area contributed by atoms with E-state index in [0.29, 0.717) is 24.5 Å². The van der Waals surface area contributed by atoms with Gasteiger partial charge in [0, 0.05) is 18.1 Å². The van der Waals surface area contributed by atoms with E-state index >= 15 is 0 Å². The Labute approximate surface area is 143 Å². The molecule has 0 aliphatic carbocycles. The first-order valence-corrected chi connectivity index (χ1v) is 8.62. The van der Waals surface area contributed by atoms with E-state index < -0.39 is 6.10 Å². The molecule has 1 fully saturated rings. The normalized spacial score (nSPS) is 22.3. The maximum Gasteiger partial charge on any atom is 0.237 e. The number of benzene rings is 1. The minimum Gasteiger partial charge on any atom is -0.392 e. The lowest BCUT2D eigenvalue weighted by atomic mass is 10.0. The molecule has 128 valence electrons. The lowest BCUT2D eigenvalue weighted by Gasteiger charge is -2.31. The zero-order valence-electron chi connectivity index (χ0n) is 13.8. The molecular formula is C17H26ClN3O2. The molecule has 0 aromatic heterocycles. The third kappa shape index (κ3) is 4.67. The molecule has 3 N–H and O–H groups in total. The molecule has 1 aliphatic heterocycles. The van der Waals surface area contributed by atoms with Crippen molar-refractivity contribution in [3.05, 3.63) is 34.9 Å². The van der Waals surface area contributed by atoms with E-state index in [9.17, 15) is 9.90 Å². The molecule has 0 radical (unpaired) electrons. The second kappa shape index (κ2) is 8.64. The molecule has 3 atom stereocenters. The molecule has 5 nitrogen and oxygen atoms in total. The fraction of sp³-hybridized carbons (Fsp3) is 0.588. The van der Waals surface area contributed by atoms with Gasteiger partial charge in [0.2, 0.25) is 5.91 Å². The Balaban J connectivity index is 2.06.